The predicted molar refractivity (Wildman–Crippen MR) is 70.1 cm³/mol. The number of hydrogen-bond donors (Lipinski definition) is 2. The molecule has 0 spiro atoms. The summed E-state index contributed by atoms with van der Waals surface area (Å²) >= 11 is 0. The highest BCUT2D eigenvalue weighted by Crippen LogP contribution is 2.21. The minimum atomic E-state index is 0.125. The van der Waals surface area contributed by atoms with E-state index in [1.54, 1.807) is 13.2 Å². The number of benzene rings is 1. The van der Waals surface area contributed by atoms with Gasteiger partial charge in [0.05, 0.1) is 6.61 Å². The molecule has 0 aromatic heterocycles. The Kier molecular flexibility index (Phi) is 4.97. The van der Waals surface area contributed by atoms with Crippen molar-refractivity contribution in [2.45, 2.75) is 33.4 Å². The van der Waals surface area contributed by atoms with Gasteiger partial charge in [-0.05, 0) is 11.5 Å². The average molecular weight is 237 g/mol. The van der Waals surface area contributed by atoms with Gasteiger partial charge < -0.3 is 15.2 Å². The number of phenols is 1. The molecule has 3 nitrogen and oxygen atoms in total. The Bertz CT molecular complexity index is 344. The second-order valence-electron chi connectivity index (χ2n) is 5.38. The van der Waals surface area contributed by atoms with E-state index in [1.165, 1.54) is 0 Å². The van der Waals surface area contributed by atoms with E-state index in [1.807, 2.05) is 18.2 Å². The molecule has 1 rings (SSSR count). The summed E-state index contributed by atoms with van der Waals surface area (Å²) in [6.07, 6.45) is 0. The number of phenolic OH excluding ortho intramolecular Hbond substituents is 1. The van der Waals surface area contributed by atoms with Gasteiger partial charge in [-0.15, -0.1) is 0 Å². The van der Waals surface area contributed by atoms with Gasteiger partial charge >= 0.3 is 0 Å². The Morgan fingerprint density at radius 1 is 1.29 bits per heavy atom. The Morgan fingerprint density at radius 3 is 2.47 bits per heavy atom. The molecule has 0 fully saturated rings. The molecule has 0 aliphatic heterocycles. The van der Waals surface area contributed by atoms with Crippen LogP contribution in [0.2, 0.25) is 0 Å². The Morgan fingerprint density at radius 2 is 1.94 bits per heavy atom. The Labute approximate surface area is 104 Å². The van der Waals surface area contributed by atoms with Crippen LogP contribution in [0, 0.1) is 5.41 Å². The van der Waals surface area contributed by atoms with E-state index >= 15 is 0 Å². The first-order valence-corrected chi connectivity index (χ1v) is 5.94. The first-order valence-electron chi connectivity index (χ1n) is 5.94. The van der Waals surface area contributed by atoms with Gasteiger partial charge in [0, 0.05) is 25.3 Å². The van der Waals surface area contributed by atoms with Crippen LogP contribution >= 0.6 is 0 Å². The zero-order valence-electron chi connectivity index (χ0n) is 11.2. The lowest BCUT2D eigenvalue weighted by Gasteiger charge is -2.31. The molecule has 0 saturated carbocycles. The normalized spacial score (nSPS) is 13.6. The van der Waals surface area contributed by atoms with Crippen molar-refractivity contribution in [3.05, 3.63) is 29.8 Å². The van der Waals surface area contributed by atoms with Crippen molar-refractivity contribution in [2.24, 2.45) is 5.41 Å². The van der Waals surface area contributed by atoms with Crippen molar-refractivity contribution in [1.29, 1.82) is 0 Å². The van der Waals surface area contributed by atoms with Gasteiger partial charge in [0.1, 0.15) is 5.75 Å². The van der Waals surface area contributed by atoms with Crippen molar-refractivity contribution in [1.82, 2.24) is 5.32 Å². The third-order valence-corrected chi connectivity index (χ3v) is 2.91. The molecule has 0 amide bonds. The fourth-order valence-electron chi connectivity index (χ4n) is 1.68. The quantitative estimate of drug-likeness (QED) is 0.827. The van der Waals surface area contributed by atoms with Crippen LogP contribution in [-0.4, -0.2) is 24.9 Å². The van der Waals surface area contributed by atoms with Crippen LogP contribution in [-0.2, 0) is 11.3 Å². The first-order chi connectivity index (χ1) is 7.95. The maximum absolute atomic E-state index is 9.68. The fourth-order valence-corrected chi connectivity index (χ4v) is 1.68. The summed E-state index contributed by atoms with van der Waals surface area (Å²) in [7, 11) is 1.71. The molecule has 17 heavy (non-hydrogen) atoms. The first kappa shape index (κ1) is 14.0. The van der Waals surface area contributed by atoms with Gasteiger partial charge in [-0.1, -0.05) is 39.0 Å². The summed E-state index contributed by atoms with van der Waals surface area (Å²) in [5.74, 6) is 0.338. The smallest absolute Gasteiger partial charge is 0.120 e. The molecule has 2 N–H and O–H groups in total. The van der Waals surface area contributed by atoms with Gasteiger partial charge in [-0.2, -0.15) is 0 Å². The van der Waals surface area contributed by atoms with Crippen molar-refractivity contribution < 1.29 is 9.84 Å². The molecule has 1 atom stereocenters. The molecule has 0 unspecified atom stereocenters. The van der Waals surface area contributed by atoms with Crippen LogP contribution in [0.25, 0.3) is 0 Å². The third-order valence-electron chi connectivity index (χ3n) is 2.91. The predicted octanol–water partition coefficient (Wildman–Crippen LogP) is 2.54. The van der Waals surface area contributed by atoms with Gasteiger partial charge in [0.2, 0.25) is 0 Å². The number of hydrogen-bond acceptors (Lipinski definition) is 3. The van der Waals surface area contributed by atoms with Crippen molar-refractivity contribution in [3.8, 4) is 5.75 Å². The number of methoxy groups -OCH3 is 1. The second-order valence-corrected chi connectivity index (χ2v) is 5.38. The van der Waals surface area contributed by atoms with E-state index in [9.17, 15) is 5.11 Å². The van der Waals surface area contributed by atoms with Crippen LogP contribution in [0.15, 0.2) is 24.3 Å². The van der Waals surface area contributed by atoms with Crippen LogP contribution < -0.4 is 5.32 Å². The van der Waals surface area contributed by atoms with Gasteiger partial charge in [0.15, 0.2) is 0 Å². The molecule has 0 aliphatic rings. The third kappa shape index (κ3) is 4.36. The summed E-state index contributed by atoms with van der Waals surface area (Å²) in [6, 6.07) is 7.65. The highest BCUT2D eigenvalue weighted by Gasteiger charge is 2.24. The standard InChI is InChI=1S/C14H23NO2/c1-14(2,3)13(10-17-4)15-9-11-7-5-6-8-12(11)16/h5-8,13,15-16H,9-10H2,1-4H3/t13-/m1/s1. The summed E-state index contributed by atoms with van der Waals surface area (Å²) in [5.41, 5.74) is 1.04. The van der Waals surface area contributed by atoms with E-state index < -0.39 is 0 Å². The minimum absolute atomic E-state index is 0.125. The largest absolute Gasteiger partial charge is 0.508 e. The SMILES string of the molecule is COC[C@@H](NCc1ccccc1O)C(C)(C)C. The summed E-state index contributed by atoms with van der Waals surface area (Å²) in [5, 5.41) is 13.1. The van der Waals surface area contributed by atoms with E-state index in [0.29, 0.717) is 18.9 Å². The monoisotopic (exact) mass is 237 g/mol. The van der Waals surface area contributed by atoms with Crippen LogP contribution in [0.5, 0.6) is 5.75 Å². The molecule has 96 valence electrons. The molecule has 0 radical (unpaired) electrons. The summed E-state index contributed by atoms with van der Waals surface area (Å²) in [4.78, 5) is 0. The number of rotatable bonds is 5. The maximum Gasteiger partial charge on any atom is 0.120 e. The highest BCUT2D eigenvalue weighted by atomic mass is 16.5. The van der Waals surface area contributed by atoms with Crippen molar-refractivity contribution in [3.63, 3.8) is 0 Å². The molecule has 0 bridgehead atoms. The number of nitrogens with one attached hydrogen (secondary N) is 1. The summed E-state index contributed by atoms with van der Waals surface area (Å²) < 4.78 is 5.22. The van der Waals surface area contributed by atoms with Crippen molar-refractivity contribution >= 4 is 0 Å². The topological polar surface area (TPSA) is 41.5 Å². The molecule has 1 aromatic carbocycles. The maximum atomic E-state index is 9.68. The molecule has 0 saturated heterocycles. The molecule has 3 heteroatoms. The molecule has 0 aliphatic carbocycles. The van der Waals surface area contributed by atoms with E-state index in [4.69, 9.17) is 4.74 Å². The molecule has 0 heterocycles. The van der Waals surface area contributed by atoms with E-state index in [2.05, 4.69) is 26.1 Å². The number of aromatic hydroxyl groups is 1. The Hall–Kier alpha value is -1.06. The lowest BCUT2D eigenvalue weighted by molar-refractivity contribution is 0.113. The highest BCUT2D eigenvalue weighted by molar-refractivity contribution is 5.31. The fraction of sp³-hybridized carbons (Fsp3) is 0.571. The van der Waals surface area contributed by atoms with Crippen molar-refractivity contribution in [2.75, 3.05) is 13.7 Å². The average Bonchev–Trinajstić information content (AvgIpc) is 2.24. The lowest BCUT2D eigenvalue weighted by atomic mass is 9.87. The van der Waals surface area contributed by atoms with E-state index in [-0.39, 0.29) is 11.5 Å². The van der Waals surface area contributed by atoms with Gasteiger partial charge in [-0.25, -0.2) is 0 Å². The zero-order valence-corrected chi connectivity index (χ0v) is 11.2. The molecular formula is C14H23NO2. The number of para-hydroxylation sites is 1. The molecule has 1 aromatic rings. The van der Waals surface area contributed by atoms with Gasteiger partial charge in [0.25, 0.3) is 0 Å². The number of ether oxygens (including phenoxy) is 1. The van der Waals surface area contributed by atoms with Crippen LogP contribution in [0.3, 0.4) is 0 Å². The lowest BCUT2D eigenvalue weighted by Crippen LogP contribution is -2.43. The minimum Gasteiger partial charge on any atom is -0.508 e. The van der Waals surface area contributed by atoms with E-state index in [0.717, 1.165) is 5.56 Å². The molecular weight excluding hydrogens is 214 g/mol. The van der Waals surface area contributed by atoms with Crippen LogP contribution in [0.4, 0.5) is 0 Å². The summed E-state index contributed by atoms with van der Waals surface area (Å²) in [6.45, 7) is 7.84. The zero-order chi connectivity index (χ0) is 12.9. The van der Waals surface area contributed by atoms with Crippen LogP contribution in [0.1, 0.15) is 26.3 Å². The second kappa shape index (κ2) is 6.03. The Balaban J connectivity index is 2.61. The van der Waals surface area contributed by atoms with Gasteiger partial charge in [-0.3, -0.25) is 0 Å².